The summed E-state index contributed by atoms with van der Waals surface area (Å²) in [6.07, 6.45) is 6.56. The summed E-state index contributed by atoms with van der Waals surface area (Å²) < 4.78 is 33.0. The van der Waals surface area contributed by atoms with Crippen LogP contribution in [0.1, 0.15) is 58.0 Å². The fourth-order valence-corrected chi connectivity index (χ4v) is 7.03. The largest absolute Gasteiger partial charge is 0.493 e. The van der Waals surface area contributed by atoms with Crippen molar-refractivity contribution >= 4 is 32.4 Å². The van der Waals surface area contributed by atoms with E-state index in [1.807, 2.05) is 66.7 Å². The number of carbonyl (C=O) groups excluding carboxylic acids is 1. The van der Waals surface area contributed by atoms with Gasteiger partial charge < -0.3 is 15.0 Å². The lowest BCUT2D eigenvalue weighted by molar-refractivity contribution is 0.0985. The van der Waals surface area contributed by atoms with Crippen LogP contribution in [0, 0.1) is 0 Å². The highest BCUT2D eigenvalue weighted by atomic mass is 32.2. The first kappa shape index (κ1) is 30.6. The molecule has 0 saturated heterocycles. The van der Waals surface area contributed by atoms with E-state index in [1.165, 1.54) is 40.0 Å². The van der Waals surface area contributed by atoms with Crippen molar-refractivity contribution in [1.29, 1.82) is 0 Å². The minimum absolute atomic E-state index is 0.0978. The second kappa shape index (κ2) is 13.7. The van der Waals surface area contributed by atoms with Crippen molar-refractivity contribution in [2.75, 3.05) is 23.7 Å². The molecule has 1 aliphatic rings. The van der Waals surface area contributed by atoms with Crippen LogP contribution in [0.25, 0.3) is 10.9 Å². The van der Waals surface area contributed by atoms with Crippen LogP contribution in [0.3, 0.4) is 0 Å². The van der Waals surface area contributed by atoms with E-state index in [9.17, 15) is 13.2 Å². The number of nitrogens with zero attached hydrogens (tertiary/aromatic N) is 1. The summed E-state index contributed by atoms with van der Waals surface area (Å²) in [6, 6.07) is 32.5. The quantitative estimate of drug-likeness (QED) is 0.138. The molecule has 45 heavy (non-hydrogen) atoms. The molecule has 232 valence electrons. The standard InChI is InChI=1S/C37H39N3O4S/c1-45(42,43)40(26-27-11-4-2-5-12-27)30-16-10-15-29(23-30)37(41)25-38-34(28-13-6-3-7-14-28)21-22-44-31-19-20-33-32-17-8-9-18-35(32)39-36(33)24-31/h2-7,10-16,19-20,23-24,34,38-39H,8-9,17-18,21-22,25-26H2,1H3. The molecule has 0 aliphatic heterocycles. The molecule has 2 N–H and O–H groups in total. The number of aromatic amines is 1. The summed E-state index contributed by atoms with van der Waals surface area (Å²) in [5.74, 6) is 0.708. The zero-order chi connectivity index (χ0) is 31.2. The van der Waals surface area contributed by atoms with Crippen LogP contribution in [0.15, 0.2) is 103 Å². The number of fused-ring (bicyclic) bond motifs is 3. The molecule has 6 rings (SSSR count). The van der Waals surface area contributed by atoms with Crippen molar-refractivity contribution in [3.8, 4) is 5.75 Å². The van der Waals surface area contributed by atoms with Crippen molar-refractivity contribution < 1.29 is 17.9 Å². The molecular formula is C37H39N3O4S. The number of nitrogens with one attached hydrogen (secondary N) is 2. The molecule has 0 radical (unpaired) electrons. The number of anilines is 1. The van der Waals surface area contributed by atoms with Gasteiger partial charge in [0, 0.05) is 40.7 Å². The van der Waals surface area contributed by atoms with Gasteiger partial charge in [0.2, 0.25) is 10.0 Å². The minimum atomic E-state index is -3.58. The van der Waals surface area contributed by atoms with Crippen molar-refractivity contribution in [1.82, 2.24) is 10.3 Å². The van der Waals surface area contributed by atoms with Crippen molar-refractivity contribution in [2.45, 2.75) is 44.7 Å². The highest BCUT2D eigenvalue weighted by molar-refractivity contribution is 7.92. The zero-order valence-corrected chi connectivity index (χ0v) is 26.4. The third kappa shape index (κ3) is 7.47. The number of aryl methyl sites for hydroxylation is 2. The molecule has 1 atom stereocenters. The molecule has 1 heterocycles. The van der Waals surface area contributed by atoms with Crippen LogP contribution >= 0.6 is 0 Å². The first-order chi connectivity index (χ1) is 21.8. The number of hydrogen-bond acceptors (Lipinski definition) is 5. The molecule has 0 spiro atoms. The summed E-state index contributed by atoms with van der Waals surface area (Å²) in [5.41, 5.74) is 6.78. The van der Waals surface area contributed by atoms with Crippen LogP contribution in [-0.2, 0) is 29.4 Å². The number of H-pyrrole nitrogens is 1. The Morgan fingerprint density at radius 3 is 2.44 bits per heavy atom. The maximum atomic E-state index is 13.4. The maximum Gasteiger partial charge on any atom is 0.232 e. The Kier molecular flexibility index (Phi) is 9.33. The number of rotatable bonds is 13. The molecule has 0 fully saturated rings. The van der Waals surface area contributed by atoms with Gasteiger partial charge in [-0.05, 0) is 66.6 Å². The second-order valence-corrected chi connectivity index (χ2v) is 13.6. The van der Waals surface area contributed by atoms with E-state index >= 15 is 0 Å². The molecule has 8 heteroatoms. The smallest absolute Gasteiger partial charge is 0.232 e. The van der Waals surface area contributed by atoms with Gasteiger partial charge >= 0.3 is 0 Å². The molecule has 0 amide bonds. The number of sulfonamides is 1. The Labute approximate surface area is 265 Å². The zero-order valence-electron chi connectivity index (χ0n) is 25.5. The summed E-state index contributed by atoms with van der Waals surface area (Å²) in [5, 5.41) is 4.73. The number of benzene rings is 4. The van der Waals surface area contributed by atoms with Gasteiger partial charge in [-0.15, -0.1) is 0 Å². The summed E-state index contributed by atoms with van der Waals surface area (Å²) in [6.45, 7) is 0.760. The van der Waals surface area contributed by atoms with E-state index in [0.29, 0.717) is 24.3 Å². The van der Waals surface area contributed by atoms with E-state index in [1.54, 1.807) is 24.3 Å². The van der Waals surface area contributed by atoms with Gasteiger partial charge in [-0.25, -0.2) is 8.42 Å². The summed E-state index contributed by atoms with van der Waals surface area (Å²) in [7, 11) is -3.58. The van der Waals surface area contributed by atoms with Gasteiger partial charge in [-0.3, -0.25) is 9.10 Å². The predicted molar refractivity (Wildman–Crippen MR) is 180 cm³/mol. The monoisotopic (exact) mass is 621 g/mol. The molecular weight excluding hydrogens is 582 g/mol. The molecule has 1 aromatic heterocycles. The lowest BCUT2D eigenvalue weighted by Crippen LogP contribution is -2.30. The third-order valence-electron chi connectivity index (χ3n) is 8.48. The molecule has 1 unspecified atom stereocenters. The Morgan fingerprint density at radius 2 is 1.67 bits per heavy atom. The Hall–Kier alpha value is -4.40. The predicted octanol–water partition coefficient (Wildman–Crippen LogP) is 7.00. The van der Waals surface area contributed by atoms with E-state index in [-0.39, 0.29) is 24.9 Å². The topological polar surface area (TPSA) is 91.5 Å². The average molecular weight is 622 g/mol. The number of ether oxygens (including phenoxy) is 1. The first-order valence-corrected chi connectivity index (χ1v) is 17.4. The fourth-order valence-electron chi connectivity index (χ4n) is 6.15. The maximum absolute atomic E-state index is 13.4. The Balaban J connectivity index is 1.12. The Bertz CT molecular complexity index is 1870. The van der Waals surface area contributed by atoms with Crippen LogP contribution in [0.2, 0.25) is 0 Å². The number of Topliss-reactive ketones (excluding diaryl/α,β-unsaturated/α-hetero) is 1. The molecule has 1 aliphatic carbocycles. The van der Waals surface area contributed by atoms with E-state index in [0.717, 1.165) is 35.2 Å². The fraction of sp³-hybridized carbons (Fsp3) is 0.270. The average Bonchev–Trinajstić information content (AvgIpc) is 3.43. The Morgan fingerprint density at radius 1 is 0.911 bits per heavy atom. The van der Waals surface area contributed by atoms with Crippen molar-refractivity contribution in [3.05, 3.63) is 131 Å². The van der Waals surface area contributed by atoms with Gasteiger partial charge in [0.15, 0.2) is 5.78 Å². The van der Waals surface area contributed by atoms with Gasteiger partial charge in [0.1, 0.15) is 5.75 Å². The van der Waals surface area contributed by atoms with E-state index in [2.05, 4.69) is 22.4 Å². The van der Waals surface area contributed by atoms with E-state index < -0.39 is 10.0 Å². The van der Waals surface area contributed by atoms with Crippen LogP contribution in [-0.4, -0.2) is 38.6 Å². The second-order valence-electron chi connectivity index (χ2n) is 11.7. The molecule has 4 aromatic carbocycles. The van der Waals surface area contributed by atoms with Gasteiger partial charge in [0.25, 0.3) is 0 Å². The minimum Gasteiger partial charge on any atom is -0.493 e. The highest BCUT2D eigenvalue weighted by Crippen LogP contribution is 2.31. The van der Waals surface area contributed by atoms with Crippen LogP contribution in [0.4, 0.5) is 5.69 Å². The normalized spacial score (nSPS) is 13.7. The number of carbonyl (C=O) groups is 1. The highest BCUT2D eigenvalue weighted by Gasteiger charge is 2.20. The molecule has 0 bridgehead atoms. The molecule has 7 nitrogen and oxygen atoms in total. The molecule has 5 aromatic rings. The number of aromatic nitrogens is 1. The summed E-state index contributed by atoms with van der Waals surface area (Å²) in [4.78, 5) is 17.0. The lowest BCUT2D eigenvalue weighted by atomic mass is 9.96. The van der Waals surface area contributed by atoms with Crippen molar-refractivity contribution in [2.24, 2.45) is 0 Å². The SMILES string of the molecule is CS(=O)(=O)N(Cc1ccccc1)c1cccc(C(=O)CNC(CCOc2ccc3c4c([nH]c3c2)CCCC4)c2ccccc2)c1. The third-order valence-corrected chi connectivity index (χ3v) is 9.62. The summed E-state index contributed by atoms with van der Waals surface area (Å²) >= 11 is 0. The first-order valence-electron chi connectivity index (χ1n) is 15.5. The molecule has 0 saturated carbocycles. The van der Waals surface area contributed by atoms with Crippen LogP contribution in [0.5, 0.6) is 5.75 Å². The number of hydrogen-bond donors (Lipinski definition) is 2. The van der Waals surface area contributed by atoms with Gasteiger partial charge in [-0.1, -0.05) is 72.8 Å². The van der Waals surface area contributed by atoms with E-state index in [4.69, 9.17) is 4.74 Å². The lowest BCUT2D eigenvalue weighted by Gasteiger charge is -2.23. The van der Waals surface area contributed by atoms with Crippen molar-refractivity contribution in [3.63, 3.8) is 0 Å². The van der Waals surface area contributed by atoms with Gasteiger partial charge in [0.05, 0.1) is 31.6 Å². The number of ketones is 1. The van der Waals surface area contributed by atoms with Gasteiger partial charge in [-0.2, -0.15) is 0 Å². The van der Waals surface area contributed by atoms with Crippen LogP contribution < -0.4 is 14.4 Å².